The molecule has 6 rings (SSSR count). The summed E-state index contributed by atoms with van der Waals surface area (Å²) in [6, 6.07) is 23.7. The predicted molar refractivity (Wildman–Crippen MR) is 208 cm³/mol. The molecule has 3 heterocycles. The summed E-state index contributed by atoms with van der Waals surface area (Å²) < 4.78 is 17.3. The minimum atomic E-state index is -1.06. The summed E-state index contributed by atoms with van der Waals surface area (Å²) in [5, 5.41) is 2.76. The topological polar surface area (TPSA) is 174 Å². The second-order valence-electron chi connectivity index (χ2n) is 14.6. The van der Waals surface area contributed by atoms with Gasteiger partial charge in [0.1, 0.15) is 24.3 Å². The molecule has 4 atom stereocenters. The number of amides is 3. The van der Waals surface area contributed by atoms with E-state index in [4.69, 9.17) is 19.6 Å². The number of aryl methyl sites for hydroxylation is 1. The minimum absolute atomic E-state index is 0.00524. The van der Waals surface area contributed by atoms with Crippen LogP contribution in [0.1, 0.15) is 79.6 Å². The second kappa shape index (κ2) is 19.9. The van der Waals surface area contributed by atoms with Crippen LogP contribution in [-0.4, -0.2) is 88.8 Å². The number of aromatic nitrogens is 1. The molecule has 0 radical (unpaired) electrons. The van der Waals surface area contributed by atoms with Crippen LogP contribution in [0.5, 0.6) is 0 Å². The van der Waals surface area contributed by atoms with E-state index in [0.29, 0.717) is 56.4 Å². The van der Waals surface area contributed by atoms with E-state index < -0.39 is 48.0 Å². The minimum Gasteiger partial charge on any atom is -0.445 e. The van der Waals surface area contributed by atoms with Crippen LogP contribution in [0, 0.1) is 5.92 Å². The molecule has 0 unspecified atom stereocenters. The lowest BCUT2D eigenvalue weighted by atomic mass is 9.89. The first-order valence-electron chi connectivity index (χ1n) is 19.7. The van der Waals surface area contributed by atoms with Crippen LogP contribution >= 0.6 is 0 Å². The van der Waals surface area contributed by atoms with Crippen molar-refractivity contribution < 1.29 is 37.9 Å². The Morgan fingerprint density at radius 2 is 1.55 bits per heavy atom. The molecule has 2 saturated heterocycles. The first-order chi connectivity index (χ1) is 27.3. The normalized spacial score (nSPS) is 17.9. The maximum Gasteiger partial charge on any atom is 0.410 e. The van der Waals surface area contributed by atoms with Crippen LogP contribution in [0.2, 0.25) is 0 Å². The van der Waals surface area contributed by atoms with Gasteiger partial charge in [-0.05, 0) is 74.8 Å². The van der Waals surface area contributed by atoms with Gasteiger partial charge in [0.25, 0.3) is 5.89 Å². The lowest BCUT2D eigenvalue weighted by molar-refractivity contribution is -0.139. The number of nitrogens with one attached hydrogen (secondary N) is 1. The second-order valence-corrected chi connectivity index (χ2v) is 14.6. The highest BCUT2D eigenvalue weighted by atomic mass is 16.6. The van der Waals surface area contributed by atoms with Crippen molar-refractivity contribution in [2.24, 2.45) is 11.7 Å². The number of Topliss-reactive ketones (excluding diaryl/α,β-unsaturated/α-hetero) is 2. The third-order valence-corrected chi connectivity index (χ3v) is 10.5. The number of ketones is 2. The SMILES string of the molecule is NCCCC[C@H](CC(=O)[C@@H]1C[C@@H](OC(=O)N2CCCCC2)CN1C(=O)[C@@H](CCc1ccccc1)NC(=O)OCc1ccccc1)C(=O)c1nc2ccccc2o1. The highest BCUT2D eigenvalue weighted by molar-refractivity contribution is 6.00. The summed E-state index contributed by atoms with van der Waals surface area (Å²) in [5.74, 6) is -2.13. The van der Waals surface area contributed by atoms with E-state index in [9.17, 15) is 24.0 Å². The van der Waals surface area contributed by atoms with Crippen LogP contribution in [-0.2, 0) is 32.1 Å². The molecule has 3 amide bonds. The van der Waals surface area contributed by atoms with Gasteiger partial charge >= 0.3 is 12.2 Å². The Labute approximate surface area is 326 Å². The molecule has 13 nitrogen and oxygen atoms in total. The predicted octanol–water partition coefficient (Wildman–Crippen LogP) is 6.23. The van der Waals surface area contributed by atoms with E-state index >= 15 is 0 Å². The zero-order valence-corrected chi connectivity index (χ0v) is 31.7. The average Bonchev–Trinajstić information content (AvgIpc) is 3.87. The number of hydrogen-bond donors (Lipinski definition) is 2. The van der Waals surface area contributed by atoms with Crippen LogP contribution < -0.4 is 11.1 Å². The summed E-state index contributed by atoms with van der Waals surface area (Å²) in [5.41, 5.74) is 8.52. The largest absolute Gasteiger partial charge is 0.445 e. The zero-order valence-electron chi connectivity index (χ0n) is 31.7. The Bertz CT molecular complexity index is 1900. The van der Waals surface area contributed by atoms with Gasteiger partial charge in [0.15, 0.2) is 11.4 Å². The lowest BCUT2D eigenvalue weighted by Crippen LogP contribution is -2.52. The average molecular weight is 766 g/mol. The van der Waals surface area contributed by atoms with Crippen LogP contribution in [0.25, 0.3) is 11.1 Å². The number of unbranched alkanes of at least 4 members (excludes halogenated alkanes) is 1. The van der Waals surface area contributed by atoms with Crippen molar-refractivity contribution >= 4 is 40.8 Å². The van der Waals surface area contributed by atoms with Gasteiger partial charge in [0.05, 0.1) is 12.6 Å². The van der Waals surface area contributed by atoms with Crippen molar-refractivity contribution in [1.82, 2.24) is 20.1 Å². The Hall–Kier alpha value is -5.56. The van der Waals surface area contributed by atoms with Gasteiger partial charge in [-0.3, -0.25) is 14.4 Å². The van der Waals surface area contributed by atoms with Gasteiger partial charge in [-0.15, -0.1) is 0 Å². The van der Waals surface area contributed by atoms with Crippen molar-refractivity contribution in [3.05, 3.63) is 102 Å². The number of rotatable bonds is 17. The third-order valence-electron chi connectivity index (χ3n) is 10.5. The molecule has 4 aromatic rings. The third kappa shape index (κ3) is 10.8. The van der Waals surface area contributed by atoms with Crippen molar-refractivity contribution in [1.29, 1.82) is 0 Å². The number of piperidine rings is 1. The van der Waals surface area contributed by atoms with E-state index in [-0.39, 0.29) is 44.1 Å². The van der Waals surface area contributed by atoms with Gasteiger partial charge in [0.2, 0.25) is 11.7 Å². The molecule has 56 heavy (non-hydrogen) atoms. The molecule has 296 valence electrons. The molecule has 0 spiro atoms. The summed E-state index contributed by atoms with van der Waals surface area (Å²) in [4.78, 5) is 76.9. The van der Waals surface area contributed by atoms with Gasteiger partial charge in [-0.2, -0.15) is 0 Å². The molecule has 13 heteroatoms. The number of para-hydroxylation sites is 2. The Morgan fingerprint density at radius 1 is 0.857 bits per heavy atom. The number of carbonyl (C=O) groups excluding carboxylic acids is 5. The Kier molecular flexibility index (Phi) is 14.2. The first kappa shape index (κ1) is 40.1. The highest BCUT2D eigenvalue weighted by Crippen LogP contribution is 2.29. The van der Waals surface area contributed by atoms with Gasteiger partial charge in [-0.1, -0.05) is 79.2 Å². The Morgan fingerprint density at radius 3 is 2.27 bits per heavy atom. The summed E-state index contributed by atoms with van der Waals surface area (Å²) >= 11 is 0. The number of alkyl carbamates (subject to hydrolysis) is 1. The van der Waals surface area contributed by atoms with E-state index in [2.05, 4.69) is 10.3 Å². The molecule has 2 fully saturated rings. The van der Waals surface area contributed by atoms with E-state index in [1.807, 2.05) is 60.7 Å². The highest BCUT2D eigenvalue weighted by Gasteiger charge is 2.45. The molecule has 3 N–H and O–H groups in total. The maximum atomic E-state index is 14.6. The summed E-state index contributed by atoms with van der Waals surface area (Å²) in [6.07, 6.45) is 2.91. The summed E-state index contributed by atoms with van der Waals surface area (Å²) in [6.45, 7) is 1.54. The number of carbonyl (C=O) groups is 5. The molecule has 0 bridgehead atoms. The molecule has 0 aliphatic carbocycles. The number of fused-ring (bicyclic) bond motifs is 1. The van der Waals surface area contributed by atoms with Crippen LogP contribution in [0.4, 0.5) is 9.59 Å². The van der Waals surface area contributed by atoms with Gasteiger partial charge in [-0.25, -0.2) is 14.6 Å². The molecular weight excluding hydrogens is 714 g/mol. The number of hydrogen-bond acceptors (Lipinski definition) is 10. The molecular formula is C43H51N5O8. The van der Waals surface area contributed by atoms with Crippen molar-refractivity contribution in [3.8, 4) is 0 Å². The van der Waals surface area contributed by atoms with Gasteiger partial charge in [0, 0.05) is 31.8 Å². The molecule has 2 aliphatic heterocycles. The first-order valence-corrected chi connectivity index (χ1v) is 19.7. The van der Waals surface area contributed by atoms with E-state index in [1.165, 1.54) is 4.90 Å². The standard InChI is InChI=1S/C43H51N5O8/c44-23-11-10-18-32(39(50)40-45-34-19-8-9-20-38(34)56-40)26-37(49)36-27-33(55-43(53)47-24-12-3-13-25-47)28-48(36)41(51)35(22-21-30-14-4-1-5-15-30)46-42(52)54-29-31-16-6-2-7-17-31/h1-2,4-9,14-17,19-20,32-33,35-36H,3,10-13,18,21-29,44H2,(H,46,52)/t32-,33-,35-,36+/m1/s1. The quantitative estimate of drug-likeness (QED) is 0.0926. The van der Waals surface area contributed by atoms with Crippen LogP contribution in [0.3, 0.4) is 0 Å². The molecule has 2 aliphatic rings. The number of ether oxygens (including phenoxy) is 2. The fourth-order valence-electron chi connectivity index (χ4n) is 7.44. The molecule has 0 saturated carbocycles. The maximum absolute atomic E-state index is 14.6. The molecule has 1 aromatic heterocycles. The lowest BCUT2D eigenvalue weighted by Gasteiger charge is -2.29. The number of oxazole rings is 1. The van der Waals surface area contributed by atoms with Crippen molar-refractivity contribution in [2.45, 2.75) is 89.0 Å². The number of likely N-dealkylation sites (tertiary alicyclic amines) is 2. The molecule has 3 aromatic carbocycles. The monoisotopic (exact) mass is 765 g/mol. The van der Waals surface area contributed by atoms with Crippen molar-refractivity contribution in [3.63, 3.8) is 0 Å². The van der Waals surface area contributed by atoms with E-state index in [1.54, 1.807) is 29.2 Å². The number of benzene rings is 3. The fourth-order valence-corrected chi connectivity index (χ4v) is 7.44. The summed E-state index contributed by atoms with van der Waals surface area (Å²) in [7, 11) is 0. The zero-order chi connectivity index (χ0) is 39.3. The Balaban J connectivity index is 1.23. The van der Waals surface area contributed by atoms with Crippen molar-refractivity contribution in [2.75, 3.05) is 26.2 Å². The number of nitrogens with two attached hydrogens (primary N) is 1. The smallest absolute Gasteiger partial charge is 0.410 e. The van der Waals surface area contributed by atoms with Gasteiger partial charge < -0.3 is 34.7 Å². The fraction of sp³-hybridized carbons (Fsp3) is 0.442. The van der Waals surface area contributed by atoms with Crippen LogP contribution in [0.15, 0.2) is 89.3 Å². The number of nitrogens with zero attached hydrogens (tertiary/aromatic N) is 3. The van der Waals surface area contributed by atoms with E-state index in [0.717, 1.165) is 30.4 Å².